The SMILES string of the molecule is Cc1nc2c(ncn2C2OC3COP(=O)(O)OC4C(COP(=O)(O)OC2C3CO)OC(n2cnc3c(N)ncnc32)C4O)c(=O)[nH]1. The predicted molar refractivity (Wildman–Crippen MR) is 148 cm³/mol. The molecular formula is C22H27N9O13P2. The smallest absolute Gasteiger partial charge is 0.396 e. The van der Waals surface area contributed by atoms with E-state index < -0.39 is 89.9 Å². The lowest BCUT2D eigenvalue weighted by Gasteiger charge is -2.26. The minimum Gasteiger partial charge on any atom is -0.396 e. The number of H-pyrrole nitrogens is 1. The molecule has 46 heavy (non-hydrogen) atoms. The molecule has 3 fully saturated rings. The number of nitrogens with one attached hydrogen (secondary N) is 1. The number of aromatic nitrogens is 8. The molecule has 3 aliphatic rings. The van der Waals surface area contributed by atoms with Crippen molar-refractivity contribution in [3.05, 3.63) is 35.2 Å². The Labute approximate surface area is 256 Å². The van der Waals surface area contributed by atoms with Gasteiger partial charge in [0.1, 0.15) is 42.1 Å². The molecule has 0 radical (unpaired) electrons. The molecule has 3 saturated heterocycles. The number of ether oxygens (including phenoxy) is 2. The summed E-state index contributed by atoms with van der Waals surface area (Å²) in [5.74, 6) is -0.857. The summed E-state index contributed by atoms with van der Waals surface area (Å²) in [7, 11) is -10.1. The van der Waals surface area contributed by atoms with Gasteiger partial charge in [0.05, 0.1) is 38.6 Å². The molecule has 0 aromatic carbocycles. The monoisotopic (exact) mass is 687 g/mol. The number of anilines is 1. The highest BCUT2D eigenvalue weighted by atomic mass is 31.2. The van der Waals surface area contributed by atoms with Gasteiger partial charge >= 0.3 is 15.6 Å². The van der Waals surface area contributed by atoms with Crippen molar-refractivity contribution >= 4 is 43.8 Å². The molecule has 2 bridgehead atoms. The van der Waals surface area contributed by atoms with E-state index in [0.717, 1.165) is 6.33 Å². The van der Waals surface area contributed by atoms with Crippen LogP contribution < -0.4 is 11.3 Å². The van der Waals surface area contributed by atoms with Crippen LogP contribution in [0.5, 0.6) is 0 Å². The molecule has 7 heterocycles. The Bertz CT molecular complexity index is 1950. The molecule has 7 N–H and O–H groups in total. The molecule has 0 amide bonds. The summed E-state index contributed by atoms with van der Waals surface area (Å²) < 4.78 is 62.3. The first-order valence-electron chi connectivity index (χ1n) is 13.6. The Hall–Kier alpha value is -3.24. The molecule has 248 valence electrons. The highest BCUT2D eigenvalue weighted by Crippen LogP contribution is 2.54. The predicted octanol–water partition coefficient (Wildman–Crippen LogP) is -1.37. The van der Waals surface area contributed by atoms with Gasteiger partial charge < -0.3 is 40.2 Å². The first-order valence-corrected chi connectivity index (χ1v) is 16.6. The fourth-order valence-corrected chi connectivity index (χ4v) is 7.64. The zero-order valence-corrected chi connectivity index (χ0v) is 25.3. The second kappa shape index (κ2) is 11.5. The van der Waals surface area contributed by atoms with Gasteiger partial charge in [0, 0.05) is 5.92 Å². The maximum Gasteiger partial charge on any atom is 0.472 e. The van der Waals surface area contributed by atoms with Crippen molar-refractivity contribution in [3.63, 3.8) is 0 Å². The van der Waals surface area contributed by atoms with Gasteiger partial charge in [-0.2, -0.15) is 0 Å². The van der Waals surface area contributed by atoms with Gasteiger partial charge in [0.15, 0.2) is 35.1 Å². The summed E-state index contributed by atoms with van der Waals surface area (Å²) >= 11 is 0. The number of hydrogen-bond acceptors (Lipinski definition) is 17. The number of aryl methyl sites for hydroxylation is 1. The quantitative estimate of drug-likeness (QED) is 0.135. The molecule has 0 saturated carbocycles. The standard InChI is InChI=1S/C22H27N9O13P2/c1-8-28-19-13(20(34)29-8)27-7-31(19)22-15-9(2-32)10(41-22)3-39-46(37,38)44-16-11(4-40-45(35,36)43-15)42-21(14(16)33)30-6-26-12-17(23)24-5-25-18(12)30/h5-7,9-11,14-16,21-22,32-33H,2-4H2,1H3,(H,35,36)(H,37,38)(H2,23,24,25)(H,28,29,34). The molecule has 22 nitrogen and oxygen atoms in total. The lowest BCUT2D eigenvalue weighted by Crippen LogP contribution is -2.36. The van der Waals surface area contributed by atoms with E-state index >= 15 is 0 Å². The van der Waals surface area contributed by atoms with Crippen LogP contribution in [0.25, 0.3) is 22.3 Å². The number of nitrogens with two attached hydrogens (primary N) is 1. The fraction of sp³-hybridized carbons (Fsp3) is 0.545. The molecular weight excluding hydrogens is 660 g/mol. The summed E-state index contributed by atoms with van der Waals surface area (Å²) in [5, 5.41) is 21.4. The van der Waals surface area contributed by atoms with E-state index in [-0.39, 0.29) is 34.0 Å². The number of nitrogen functional groups attached to an aromatic ring is 1. The van der Waals surface area contributed by atoms with Crippen LogP contribution in [0.2, 0.25) is 0 Å². The Balaban J connectivity index is 1.22. The maximum atomic E-state index is 13.4. The molecule has 4 aromatic rings. The van der Waals surface area contributed by atoms with Crippen LogP contribution in [0.15, 0.2) is 23.8 Å². The van der Waals surface area contributed by atoms with Crippen molar-refractivity contribution in [2.45, 2.75) is 49.9 Å². The second-order valence-electron chi connectivity index (χ2n) is 10.7. The summed E-state index contributed by atoms with van der Waals surface area (Å²) in [6.07, 6.45) is -6.59. The molecule has 7 rings (SSSR count). The van der Waals surface area contributed by atoms with E-state index in [1.165, 1.54) is 28.7 Å². The Morgan fingerprint density at radius 3 is 2.28 bits per heavy atom. The van der Waals surface area contributed by atoms with Gasteiger partial charge in [-0.1, -0.05) is 0 Å². The van der Waals surface area contributed by atoms with Gasteiger partial charge in [0.2, 0.25) is 0 Å². The lowest BCUT2D eigenvalue weighted by atomic mass is 9.99. The number of phosphoric ester groups is 2. The highest BCUT2D eigenvalue weighted by Gasteiger charge is 2.54. The summed E-state index contributed by atoms with van der Waals surface area (Å²) in [6, 6.07) is 0. The number of aromatic amines is 1. The molecule has 0 aliphatic carbocycles. The number of aliphatic hydroxyl groups excluding tert-OH is 2. The van der Waals surface area contributed by atoms with Crippen molar-refractivity contribution in [1.82, 2.24) is 39.0 Å². The average molecular weight is 687 g/mol. The molecule has 4 aromatic heterocycles. The van der Waals surface area contributed by atoms with E-state index in [1.54, 1.807) is 0 Å². The Kier molecular flexibility index (Phi) is 7.82. The van der Waals surface area contributed by atoms with Crippen LogP contribution in [-0.2, 0) is 36.7 Å². The van der Waals surface area contributed by atoms with Crippen LogP contribution in [0.1, 0.15) is 18.3 Å². The highest BCUT2D eigenvalue weighted by molar-refractivity contribution is 7.47. The van der Waals surface area contributed by atoms with E-state index in [1.807, 2.05) is 0 Å². The van der Waals surface area contributed by atoms with Gasteiger partial charge in [-0.05, 0) is 6.92 Å². The fourth-order valence-electron chi connectivity index (χ4n) is 5.71. The number of hydrogen-bond donors (Lipinski definition) is 6. The first-order chi connectivity index (χ1) is 21.9. The number of phosphoric acid groups is 2. The molecule has 10 unspecified atom stereocenters. The van der Waals surface area contributed by atoms with Crippen molar-refractivity contribution in [2.24, 2.45) is 5.92 Å². The minimum absolute atomic E-state index is 0.0327. The normalized spacial score (nSPS) is 37.2. The van der Waals surface area contributed by atoms with Crippen LogP contribution in [0, 0.1) is 12.8 Å². The zero-order valence-electron chi connectivity index (χ0n) is 23.5. The number of rotatable bonds is 3. The second-order valence-corrected chi connectivity index (χ2v) is 13.5. The minimum atomic E-state index is -5.05. The largest absolute Gasteiger partial charge is 0.472 e. The number of imidazole rings is 2. The van der Waals surface area contributed by atoms with Crippen LogP contribution in [0.4, 0.5) is 5.82 Å². The first kappa shape index (κ1) is 31.4. The van der Waals surface area contributed by atoms with Gasteiger partial charge in [0.25, 0.3) is 5.56 Å². The summed E-state index contributed by atoms with van der Waals surface area (Å²) in [6.45, 7) is -0.662. The summed E-state index contributed by atoms with van der Waals surface area (Å²) in [4.78, 5) is 56.8. The lowest BCUT2D eigenvalue weighted by molar-refractivity contribution is -0.0671. The van der Waals surface area contributed by atoms with Crippen LogP contribution >= 0.6 is 15.6 Å². The Morgan fingerprint density at radius 1 is 0.935 bits per heavy atom. The van der Waals surface area contributed by atoms with Crippen molar-refractivity contribution < 1.29 is 56.7 Å². The summed E-state index contributed by atoms with van der Waals surface area (Å²) in [5.41, 5.74) is 5.59. The Morgan fingerprint density at radius 2 is 1.57 bits per heavy atom. The van der Waals surface area contributed by atoms with Gasteiger partial charge in [-0.15, -0.1) is 0 Å². The van der Waals surface area contributed by atoms with E-state index in [4.69, 9.17) is 33.3 Å². The maximum absolute atomic E-state index is 13.4. The van der Waals surface area contributed by atoms with Crippen molar-refractivity contribution in [1.29, 1.82) is 0 Å². The third-order valence-electron chi connectivity index (χ3n) is 7.81. The number of aliphatic hydroxyl groups is 2. The number of fused-ring (bicyclic) bond motifs is 5. The van der Waals surface area contributed by atoms with Gasteiger partial charge in [-0.25, -0.2) is 34.0 Å². The third kappa shape index (κ3) is 5.45. The van der Waals surface area contributed by atoms with Crippen molar-refractivity contribution in [2.75, 3.05) is 25.6 Å². The van der Waals surface area contributed by atoms with E-state index in [2.05, 4.69) is 29.9 Å². The third-order valence-corrected chi connectivity index (χ3v) is 9.79. The molecule has 0 spiro atoms. The van der Waals surface area contributed by atoms with Gasteiger partial charge in [-0.3, -0.25) is 32.0 Å². The van der Waals surface area contributed by atoms with Crippen molar-refractivity contribution in [3.8, 4) is 0 Å². The topological polar surface area (TPSA) is 304 Å². The zero-order chi connectivity index (χ0) is 32.5. The molecule has 3 aliphatic heterocycles. The van der Waals surface area contributed by atoms with E-state index in [0.29, 0.717) is 0 Å². The number of nitrogens with zero attached hydrogens (tertiary/aromatic N) is 7. The molecule has 10 atom stereocenters. The average Bonchev–Trinajstić information content (AvgIpc) is 3.75. The van der Waals surface area contributed by atoms with E-state index in [9.17, 15) is 33.9 Å². The van der Waals surface area contributed by atoms with Crippen LogP contribution in [-0.4, -0.2) is 109 Å². The molecule has 24 heteroatoms. The van der Waals surface area contributed by atoms with Crippen LogP contribution in [0.3, 0.4) is 0 Å².